The van der Waals surface area contributed by atoms with Gasteiger partial charge < -0.3 is 9.13 Å². The molecule has 338 valence electrons. The van der Waals surface area contributed by atoms with Crippen molar-refractivity contribution in [3.8, 4) is 78.9 Å². The molecule has 3 aromatic heterocycles. The molecule has 0 aliphatic carbocycles. The molecule has 0 amide bonds. The molecule has 72 heavy (non-hydrogen) atoms. The van der Waals surface area contributed by atoms with Crippen molar-refractivity contribution in [2.24, 2.45) is 0 Å². The number of aromatic nitrogens is 5. The molecule has 0 bridgehead atoms. The third-order valence-corrected chi connectivity index (χ3v) is 13.9. The number of benzene rings is 10. The van der Waals surface area contributed by atoms with Crippen molar-refractivity contribution >= 4 is 49.3 Å². The second-order valence-corrected chi connectivity index (χ2v) is 18.5. The topological polar surface area (TPSA) is 52.9 Å². The van der Waals surface area contributed by atoms with Crippen LogP contribution in [0.5, 0.6) is 0 Å². The summed E-state index contributed by atoms with van der Waals surface area (Å²) in [6.07, 6.45) is 0. The van der Waals surface area contributed by atoms with Crippen molar-refractivity contribution in [2.75, 3.05) is 0 Å². The molecule has 0 N–H and O–H groups in total. The highest BCUT2D eigenvalue weighted by molar-refractivity contribution is 6.12. The van der Waals surface area contributed by atoms with Gasteiger partial charge in [0.25, 0.3) is 0 Å². The number of para-hydroxylation sites is 2. The predicted octanol–water partition coefficient (Wildman–Crippen LogP) is 17.2. The van der Waals surface area contributed by atoms with Gasteiger partial charge in [-0.15, -0.1) is 0 Å². The Morgan fingerprint density at radius 1 is 0.333 bits per heavy atom. The van der Waals surface area contributed by atoms with Crippen molar-refractivity contribution in [1.82, 2.24) is 24.1 Å². The third kappa shape index (κ3) is 7.31. The maximum atomic E-state index is 8.73. The van der Waals surface area contributed by atoms with Gasteiger partial charge >= 0.3 is 0 Å². The molecule has 0 saturated carbocycles. The summed E-state index contributed by atoms with van der Waals surface area (Å²) >= 11 is 0. The van der Waals surface area contributed by atoms with Crippen LogP contribution in [0.4, 0.5) is 5.69 Å². The van der Waals surface area contributed by atoms with Crippen LogP contribution in [0.1, 0.15) is 11.1 Å². The van der Waals surface area contributed by atoms with Gasteiger partial charge in [0.15, 0.2) is 23.2 Å². The lowest BCUT2D eigenvalue weighted by Gasteiger charge is -2.18. The molecular weight excluding hydrogens is 877 g/mol. The van der Waals surface area contributed by atoms with E-state index in [0.717, 1.165) is 88.4 Å². The zero-order valence-corrected chi connectivity index (χ0v) is 39.6. The van der Waals surface area contributed by atoms with Gasteiger partial charge in [0.2, 0.25) is 0 Å². The standard InChI is InChI=1S/C66H44N6/c1-42-16-14-22-46(36-42)48-28-33-61-55(38-48)52-24-10-12-26-59(52)71(61)51-31-32-58(67-3)54(41-51)57-40-50(66-69-64(44-18-6-4-7-19-44)68-65(70-66)45-20-8-5-9-21-45)30-35-63(57)72-60-27-13-11-25-53(60)56-39-49(29-34-62(56)72)47-23-15-17-43(2)37-47/h4-41H,1-2H3. The second-order valence-electron chi connectivity index (χ2n) is 18.5. The Bertz CT molecular complexity index is 4250. The molecule has 0 unspecified atom stereocenters. The van der Waals surface area contributed by atoms with E-state index in [4.69, 9.17) is 21.5 Å². The average molecular weight is 921 g/mol. The number of rotatable bonds is 8. The summed E-state index contributed by atoms with van der Waals surface area (Å²) in [6.45, 7) is 13.0. The number of fused-ring (bicyclic) bond motifs is 6. The normalized spacial score (nSPS) is 11.5. The van der Waals surface area contributed by atoms with E-state index < -0.39 is 0 Å². The highest BCUT2D eigenvalue weighted by atomic mass is 15.0. The van der Waals surface area contributed by atoms with Crippen LogP contribution in [0, 0.1) is 20.4 Å². The van der Waals surface area contributed by atoms with E-state index in [2.05, 4.69) is 192 Å². The van der Waals surface area contributed by atoms with Gasteiger partial charge in [-0.25, -0.2) is 19.8 Å². The van der Waals surface area contributed by atoms with Gasteiger partial charge in [-0.05, 0) is 114 Å². The Kier molecular flexibility index (Phi) is 10.2. The van der Waals surface area contributed by atoms with Gasteiger partial charge in [-0.1, -0.05) is 175 Å². The number of aryl methyl sites for hydroxylation is 2. The third-order valence-electron chi connectivity index (χ3n) is 13.9. The van der Waals surface area contributed by atoms with Gasteiger partial charge in [0, 0.05) is 43.9 Å². The van der Waals surface area contributed by atoms with Crippen LogP contribution in [0.15, 0.2) is 231 Å². The second kappa shape index (κ2) is 17.4. The molecule has 6 nitrogen and oxygen atoms in total. The molecule has 0 saturated heterocycles. The number of hydrogen-bond acceptors (Lipinski definition) is 3. The lowest BCUT2D eigenvalue weighted by molar-refractivity contribution is 1.07. The van der Waals surface area contributed by atoms with Crippen LogP contribution < -0.4 is 0 Å². The smallest absolute Gasteiger partial charge is 0.195 e. The van der Waals surface area contributed by atoms with E-state index >= 15 is 0 Å². The SMILES string of the molecule is [C-]#[N+]c1ccc(-n2c3ccccc3c3cc(-c4cccc(C)c4)ccc32)cc1-c1cc(-c2nc(-c3ccccc3)nc(-c3ccccc3)n2)ccc1-n1c2ccccc2c2cc(-c3cccc(C)c3)ccc21. The average Bonchev–Trinajstić information content (AvgIpc) is 3.95. The van der Waals surface area contributed by atoms with E-state index in [-0.39, 0.29) is 0 Å². The van der Waals surface area contributed by atoms with Gasteiger partial charge in [-0.3, -0.25) is 0 Å². The van der Waals surface area contributed by atoms with Crippen LogP contribution >= 0.6 is 0 Å². The van der Waals surface area contributed by atoms with Crippen LogP contribution in [0.25, 0.3) is 127 Å². The molecule has 0 spiro atoms. The van der Waals surface area contributed by atoms with Crippen molar-refractivity contribution in [3.05, 3.63) is 253 Å². The monoisotopic (exact) mass is 920 g/mol. The van der Waals surface area contributed by atoms with Crippen molar-refractivity contribution in [2.45, 2.75) is 13.8 Å². The molecule has 13 rings (SSSR count). The number of hydrogen-bond donors (Lipinski definition) is 0. The summed E-state index contributed by atoms with van der Waals surface area (Å²) in [4.78, 5) is 19.6. The molecule has 13 aromatic rings. The zero-order chi connectivity index (χ0) is 48.3. The summed E-state index contributed by atoms with van der Waals surface area (Å²) in [6, 6.07) is 80.9. The first-order valence-electron chi connectivity index (χ1n) is 24.2. The first kappa shape index (κ1) is 42.4. The quantitative estimate of drug-likeness (QED) is 0.143. The molecule has 0 atom stereocenters. The van der Waals surface area contributed by atoms with Crippen LogP contribution in [0.3, 0.4) is 0 Å². The largest absolute Gasteiger partial charge is 0.309 e. The lowest BCUT2D eigenvalue weighted by Crippen LogP contribution is -2.02. The summed E-state index contributed by atoms with van der Waals surface area (Å²) in [5, 5.41) is 4.61. The first-order valence-corrected chi connectivity index (χ1v) is 24.2. The molecule has 0 aliphatic rings. The van der Waals surface area contributed by atoms with Gasteiger partial charge in [0.05, 0.1) is 34.3 Å². The van der Waals surface area contributed by atoms with Gasteiger partial charge in [0.1, 0.15) is 0 Å². The summed E-state index contributed by atoms with van der Waals surface area (Å²) in [5.41, 5.74) is 18.1. The van der Waals surface area contributed by atoms with Crippen LogP contribution in [0.2, 0.25) is 0 Å². The fourth-order valence-corrected chi connectivity index (χ4v) is 10.5. The highest BCUT2D eigenvalue weighted by Gasteiger charge is 2.22. The fourth-order valence-electron chi connectivity index (χ4n) is 10.5. The molecule has 0 aliphatic heterocycles. The Labute approximate surface area is 417 Å². The minimum absolute atomic E-state index is 0.535. The van der Waals surface area contributed by atoms with E-state index in [1.165, 1.54) is 27.8 Å². The van der Waals surface area contributed by atoms with Crippen molar-refractivity contribution < 1.29 is 0 Å². The zero-order valence-electron chi connectivity index (χ0n) is 39.6. The summed E-state index contributed by atoms with van der Waals surface area (Å²) < 4.78 is 4.69. The fraction of sp³-hybridized carbons (Fsp3) is 0.0303. The molecule has 3 heterocycles. The minimum Gasteiger partial charge on any atom is -0.309 e. The minimum atomic E-state index is 0.535. The molecule has 0 fully saturated rings. The van der Waals surface area contributed by atoms with Crippen molar-refractivity contribution in [1.29, 1.82) is 0 Å². The molecule has 10 aromatic carbocycles. The van der Waals surface area contributed by atoms with Crippen LogP contribution in [-0.4, -0.2) is 24.1 Å². The van der Waals surface area contributed by atoms with Crippen LogP contribution in [-0.2, 0) is 0 Å². The van der Waals surface area contributed by atoms with Gasteiger partial charge in [-0.2, -0.15) is 0 Å². The van der Waals surface area contributed by atoms with E-state index in [0.29, 0.717) is 23.2 Å². The maximum absolute atomic E-state index is 8.73. The summed E-state index contributed by atoms with van der Waals surface area (Å²) in [7, 11) is 0. The first-order chi connectivity index (χ1) is 35.5. The lowest BCUT2D eigenvalue weighted by atomic mass is 9.97. The maximum Gasteiger partial charge on any atom is 0.195 e. The Hall–Kier alpha value is -9.70. The number of nitrogens with zero attached hydrogens (tertiary/aromatic N) is 6. The predicted molar refractivity (Wildman–Crippen MR) is 297 cm³/mol. The summed E-state index contributed by atoms with van der Waals surface area (Å²) in [5.74, 6) is 1.70. The van der Waals surface area contributed by atoms with E-state index in [1.54, 1.807) is 0 Å². The molecule has 6 heteroatoms. The van der Waals surface area contributed by atoms with Crippen molar-refractivity contribution in [3.63, 3.8) is 0 Å². The molecular formula is C66H44N6. The molecule has 0 radical (unpaired) electrons. The Morgan fingerprint density at radius 2 is 0.792 bits per heavy atom. The Balaban J connectivity index is 1.07. The Morgan fingerprint density at radius 3 is 1.35 bits per heavy atom. The highest BCUT2D eigenvalue weighted by Crippen LogP contribution is 2.44. The van der Waals surface area contributed by atoms with E-state index in [9.17, 15) is 0 Å². The van der Waals surface area contributed by atoms with E-state index in [1.807, 2.05) is 66.7 Å².